The van der Waals surface area contributed by atoms with E-state index in [0.717, 1.165) is 35.3 Å². The van der Waals surface area contributed by atoms with Crippen LogP contribution in [-0.2, 0) is 7.05 Å². The molecule has 5 heteroatoms. The summed E-state index contributed by atoms with van der Waals surface area (Å²) in [6.45, 7) is 3.39. The number of carbonyl (C=O) groups is 1. The summed E-state index contributed by atoms with van der Waals surface area (Å²) in [5.41, 5.74) is 3.60. The largest absolute Gasteiger partial charge is 0.353 e. The maximum Gasteiger partial charge on any atom is 0.183 e. The highest BCUT2D eigenvalue weighted by atomic mass is 16.1. The van der Waals surface area contributed by atoms with Crippen molar-refractivity contribution in [3.8, 4) is 11.4 Å². The molecule has 0 amide bonds. The quantitative estimate of drug-likeness (QED) is 0.683. The molecule has 0 saturated carbocycles. The number of aromatic amines is 1. The fraction of sp³-hybridized carbons (Fsp3) is 0.429. The smallest absolute Gasteiger partial charge is 0.183 e. The van der Waals surface area contributed by atoms with E-state index in [1.54, 1.807) is 4.68 Å². The Bertz CT molecular complexity index is 869. The van der Waals surface area contributed by atoms with Gasteiger partial charge < -0.3 is 9.88 Å². The van der Waals surface area contributed by atoms with E-state index in [2.05, 4.69) is 33.2 Å². The molecule has 0 atom stereocenters. The molecule has 0 aliphatic carbocycles. The van der Waals surface area contributed by atoms with Gasteiger partial charge in [0.15, 0.2) is 5.78 Å². The first-order chi connectivity index (χ1) is 12.7. The molecule has 0 radical (unpaired) electrons. The summed E-state index contributed by atoms with van der Waals surface area (Å²) in [6, 6.07) is 12.2. The van der Waals surface area contributed by atoms with Crippen LogP contribution in [0.25, 0.3) is 22.3 Å². The van der Waals surface area contributed by atoms with Gasteiger partial charge in [0.05, 0.1) is 11.4 Å². The number of Topliss-reactive ketones (excluding diaryl/α,β-unsaturated/α-hetero) is 1. The van der Waals surface area contributed by atoms with Crippen molar-refractivity contribution in [1.29, 1.82) is 0 Å². The third-order valence-electron chi connectivity index (χ3n) is 5.30. The van der Waals surface area contributed by atoms with E-state index in [-0.39, 0.29) is 5.78 Å². The molecule has 0 unspecified atom stereocenters. The standard InChI is InChI=1S/C21H26N4O/c1-24-20(18-14-16-8-3-4-9-17(16)22-18)15-19(23-24)21(26)10-7-13-25-11-5-2-6-12-25/h3-4,8-9,14-15,22H,2,5-7,10-13H2,1H3. The number of para-hydroxylation sites is 1. The first-order valence-electron chi connectivity index (χ1n) is 9.58. The lowest BCUT2D eigenvalue weighted by Crippen LogP contribution is -2.30. The minimum Gasteiger partial charge on any atom is -0.353 e. The van der Waals surface area contributed by atoms with Gasteiger partial charge in [0.1, 0.15) is 5.69 Å². The Morgan fingerprint density at radius 1 is 1.15 bits per heavy atom. The Morgan fingerprint density at radius 2 is 1.96 bits per heavy atom. The molecule has 0 spiro atoms. The summed E-state index contributed by atoms with van der Waals surface area (Å²) in [5, 5.41) is 5.62. The zero-order chi connectivity index (χ0) is 17.9. The van der Waals surface area contributed by atoms with E-state index in [1.807, 2.05) is 25.2 Å². The van der Waals surface area contributed by atoms with E-state index in [0.29, 0.717) is 12.1 Å². The van der Waals surface area contributed by atoms with Crippen LogP contribution in [-0.4, -0.2) is 45.1 Å². The number of fused-ring (bicyclic) bond motifs is 1. The van der Waals surface area contributed by atoms with Crippen LogP contribution in [0.2, 0.25) is 0 Å². The second-order valence-electron chi connectivity index (χ2n) is 7.24. The predicted octanol–water partition coefficient (Wildman–Crippen LogP) is 4.02. The minimum absolute atomic E-state index is 0.139. The van der Waals surface area contributed by atoms with Gasteiger partial charge in [-0.2, -0.15) is 5.10 Å². The lowest BCUT2D eigenvalue weighted by molar-refractivity contribution is 0.0967. The number of hydrogen-bond acceptors (Lipinski definition) is 3. The average molecular weight is 350 g/mol. The van der Waals surface area contributed by atoms with Crippen molar-refractivity contribution in [2.45, 2.75) is 32.1 Å². The Morgan fingerprint density at radius 3 is 2.77 bits per heavy atom. The third kappa shape index (κ3) is 3.58. The van der Waals surface area contributed by atoms with E-state index in [1.165, 1.54) is 32.4 Å². The molecule has 26 heavy (non-hydrogen) atoms. The van der Waals surface area contributed by atoms with Crippen LogP contribution in [0, 0.1) is 0 Å². The number of piperidine rings is 1. The summed E-state index contributed by atoms with van der Waals surface area (Å²) < 4.78 is 1.79. The second-order valence-corrected chi connectivity index (χ2v) is 7.24. The molecule has 136 valence electrons. The van der Waals surface area contributed by atoms with Crippen molar-refractivity contribution in [3.63, 3.8) is 0 Å². The lowest BCUT2D eigenvalue weighted by atomic mass is 10.1. The van der Waals surface area contributed by atoms with Gasteiger partial charge in [-0.1, -0.05) is 24.6 Å². The van der Waals surface area contributed by atoms with Gasteiger partial charge >= 0.3 is 0 Å². The number of ketones is 1. The van der Waals surface area contributed by atoms with Gasteiger partial charge in [0.2, 0.25) is 0 Å². The van der Waals surface area contributed by atoms with Crippen molar-refractivity contribution in [3.05, 3.63) is 42.1 Å². The summed E-state index contributed by atoms with van der Waals surface area (Å²) in [4.78, 5) is 18.4. The molecule has 2 aromatic heterocycles. The number of aryl methyl sites for hydroxylation is 1. The first kappa shape index (κ1) is 17.0. The average Bonchev–Trinajstić information content (AvgIpc) is 3.25. The fourth-order valence-electron chi connectivity index (χ4n) is 3.84. The molecule has 1 aliphatic rings. The van der Waals surface area contributed by atoms with Crippen LogP contribution in [0.3, 0.4) is 0 Å². The molecule has 1 fully saturated rings. The monoisotopic (exact) mass is 350 g/mol. The fourth-order valence-corrected chi connectivity index (χ4v) is 3.84. The lowest BCUT2D eigenvalue weighted by Gasteiger charge is -2.26. The predicted molar refractivity (Wildman–Crippen MR) is 104 cm³/mol. The maximum absolute atomic E-state index is 12.6. The number of rotatable bonds is 6. The number of hydrogen-bond donors (Lipinski definition) is 1. The van der Waals surface area contributed by atoms with E-state index >= 15 is 0 Å². The molecule has 3 heterocycles. The van der Waals surface area contributed by atoms with Gasteiger partial charge in [-0.05, 0) is 57.1 Å². The van der Waals surface area contributed by atoms with Gasteiger partial charge in [0.25, 0.3) is 0 Å². The number of H-pyrrole nitrogens is 1. The zero-order valence-corrected chi connectivity index (χ0v) is 15.4. The summed E-state index contributed by atoms with van der Waals surface area (Å²) >= 11 is 0. The molecular formula is C21H26N4O. The van der Waals surface area contributed by atoms with Crippen LogP contribution in [0.5, 0.6) is 0 Å². The molecule has 3 aromatic rings. The topological polar surface area (TPSA) is 53.9 Å². The van der Waals surface area contributed by atoms with Gasteiger partial charge in [-0.3, -0.25) is 9.48 Å². The van der Waals surface area contributed by atoms with Crippen molar-refractivity contribution < 1.29 is 4.79 Å². The second kappa shape index (κ2) is 7.46. The summed E-state index contributed by atoms with van der Waals surface area (Å²) in [7, 11) is 1.89. The summed E-state index contributed by atoms with van der Waals surface area (Å²) in [6.07, 6.45) is 5.42. The molecule has 0 bridgehead atoms. The van der Waals surface area contributed by atoms with Crippen LogP contribution in [0.4, 0.5) is 0 Å². The van der Waals surface area contributed by atoms with Crippen LogP contribution >= 0.6 is 0 Å². The zero-order valence-electron chi connectivity index (χ0n) is 15.4. The van der Waals surface area contributed by atoms with Crippen LogP contribution in [0.15, 0.2) is 36.4 Å². The Kier molecular flexibility index (Phi) is 4.89. The van der Waals surface area contributed by atoms with Crippen molar-refractivity contribution >= 4 is 16.7 Å². The Balaban J connectivity index is 1.42. The molecular weight excluding hydrogens is 324 g/mol. The van der Waals surface area contributed by atoms with Crippen LogP contribution < -0.4 is 0 Å². The first-order valence-corrected chi connectivity index (χ1v) is 9.58. The highest BCUT2D eigenvalue weighted by Gasteiger charge is 2.16. The van der Waals surface area contributed by atoms with Crippen molar-refractivity contribution in [1.82, 2.24) is 19.7 Å². The third-order valence-corrected chi connectivity index (χ3v) is 5.30. The van der Waals surface area contributed by atoms with Gasteiger partial charge in [0, 0.05) is 24.4 Å². The molecule has 1 N–H and O–H groups in total. The minimum atomic E-state index is 0.139. The maximum atomic E-state index is 12.6. The Labute approximate surface area is 154 Å². The summed E-state index contributed by atoms with van der Waals surface area (Å²) in [5.74, 6) is 0.139. The van der Waals surface area contributed by atoms with E-state index in [4.69, 9.17) is 0 Å². The van der Waals surface area contributed by atoms with Gasteiger partial charge in [-0.15, -0.1) is 0 Å². The molecule has 1 aliphatic heterocycles. The van der Waals surface area contributed by atoms with Crippen molar-refractivity contribution in [2.24, 2.45) is 7.05 Å². The normalized spacial score (nSPS) is 15.6. The number of nitrogens with one attached hydrogen (secondary N) is 1. The van der Waals surface area contributed by atoms with Crippen molar-refractivity contribution in [2.75, 3.05) is 19.6 Å². The molecule has 5 nitrogen and oxygen atoms in total. The van der Waals surface area contributed by atoms with E-state index in [9.17, 15) is 4.79 Å². The van der Waals surface area contributed by atoms with Crippen LogP contribution in [0.1, 0.15) is 42.6 Å². The molecule has 4 rings (SSSR count). The number of nitrogens with zero attached hydrogens (tertiary/aromatic N) is 3. The number of aromatic nitrogens is 3. The molecule has 1 saturated heterocycles. The highest BCUT2D eigenvalue weighted by Crippen LogP contribution is 2.24. The number of carbonyl (C=O) groups excluding carboxylic acids is 1. The molecule has 1 aromatic carbocycles. The highest BCUT2D eigenvalue weighted by molar-refractivity contribution is 5.95. The van der Waals surface area contributed by atoms with E-state index < -0.39 is 0 Å². The SMILES string of the molecule is Cn1nc(C(=O)CCCN2CCCCC2)cc1-c1cc2ccccc2[nH]1. The Hall–Kier alpha value is -2.40. The number of likely N-dealkylation sites (tertiary alicyclic amines) is 1. The number of benzene rings is 1. The van der Waals surface area contributed by atoms with Gasteiger partial charge in [-0.25, -0.2) is 0 Å².